The minimum atomic E-state index is -4.32. The molecule has 108 valence electrons. The Labute approximate surface area is 114 Å². The first-order chi connectivity index (χ1) is 9.45. The Bertz CT molecular complexity index is 624. The summed E-state index contributed by atoms with van der Waals surface area (Å²) in [5, 5.41) is 3.29. The van der Waals surface area contributed by atoms with Crippen LogP contribution in [-0.4, -0.2) is 22.6 Å². The summed E-state index contributed by atoms with van der Waals surface area (Å²) >= 11 is 0. The third kappa shape index (κ3) is 2.40. The molecule has 0 bridgehead atoms. The molecule has 3 rings (SSSR count). The van der Waals surface area contributed by atoms with E-state index in [1.807, 2.05) is 11.6 Å². The van der Waals surface area contributed by atoms with E-state index in [-0.39, 0.29) is 0 Å². The Morgan fingerprint density at radius 1 is 1.40 bits per heavy atom. The second-order valence-corrected chi connectivity index (χ2v) is 5.35. The molecule has 1 aromatic carbocycles. The van der Waals surface area contributed by atoms with Gasteiger partial charge in [0.15, 0.2) is 0 Å². The summed E-state index contributed by atoms with van der Waals surface area (Å²) < 4.78 is 40.0. The fourth-order valence-corrected chi connectivity index (χ4v) is 2.76. The highest BCUT2D eigenvalue weighted by atomic mass is 19.4. The zero-order chi connectivity index (χ0) is 14.3. The molecule has 0 amide bonds. The highest BCUT2D eigenvalue weighted by Crippen LogP contribution is 2.31. The molecule has 6 heteroatoms. The molecular formula is C14H16F3N3. The normalized spacial score (nSPS) is 19.9. The molecule has 1 N–H and O–H groups in total. The van der Waals surface area contributed by atoms with Gasteiger partial charge in [-0.2, -0.15) is 13.2 Å². The van der Waals surface area contributed by atoms with Gasteiger partial charge in [0.25, 0.3) is 0 Å². The summed E-state index contributed by atoms with van der Waals surface area (Å²) in [7, 11) is 1.86. The van der Waals surface area contributed by atoms with Crippen molar-refractivity contribution in [1.82, 2.24) is 14.9 Å². The monoisotopic (exact) mass is 283 g/mol. The van der Waals surface area contributed by atoms with Crippen molar-refractivity contribution in [2.75, 3.05) is 13.1 Å². The molecule has 0 saturated carbocycles. The number of fused-ring (bicyclic) bond motifs is 1. The number of nitrogens with one attached hydrogen (secondary N) is 1. The summed E-state index contributed by atoms with van der Waals surface area (Å²) in [6, 6.07) is 3.75. The highest BCUT2D eigenvalue weighted by Gasteiger charge is 2.31. The van der Waals surface area contributed by atoms with Crippen LogP contribution in [-0.2, 0) is 19.6 Å². The molecule has 20 heavy (non-hydrogen) atoms. The van der Waals surface area contributed by atoms with E-state index in [1.54, 1.807) is 0 Å². The molecule has 0 spiro atoms. The van der Waals surface area contributed by atoms with E-state index in [0.717, 1.165) is 49.4 Å². The topological polar surface area (TPSA) is 29.9 Å². The van der Waals surface area contributed by atoms with Gasteiger partial charge >= 0.3 is 6.18 Å². The Kier molecular flexibility index (Phi) is 3.20. The van der Waals surface area contributed by atoms with Gasteiger partial charge in [-0.3, -0.25) is 0 Å². The lowest BCUT2D eigenvalue weighted by Gasteiger charge is -2.08. The highest BCUT2D eigenvalue weighted by molar-refractivity contribution is 5.77. The summed E-state index contributed by atoms with van der Waals surface area (Å²) in [6.45, 7) is 1.96. The van der Waals surface area contributed by atoms with Crippen molar-refractivity contribution in [2.45, 2.75) is 19.0 Å². The first-order valence-electron chi connectivity index (χ1n) is 6.68. The lowest BCUT2D eigenvalue weighted by atomic mass is 10.0. The first kappa shape index (κ1) is 13.4. The van der Waals surface area contributed by atoms with Crippen LogP contribution >= 0.6 is 0 Å². The van der Waals surface area contributed by atoms with Crippen LogP contribution in [0.4, 0.5) is 13.2 Å². The van der Waals surface area contributed by atoms with Gasteiger partial charge in [-0.15, -0.1) is 0 Å². The van der Waals surface area contributed by atoms with Crippen LogP contribution in [0.5, 0.6) is 0 Å². The molecular weight excluding hydrogens is 267 g/mol. The van der Waals surface area contributed by atoms with E-state index in [0.29, 0.717) is 11.4 Å². The molecule has 2 heterocycles. The second-order valence-electron chi connectivity index (χ2n) is 5.35. The maximum atomic E-state index is 12.7. The Morgan fingerprint density at radius 2 is 2.20 bits per heavy atom. The SMILES string of the molecule is Cn1c(CC2CCNC2)nc2cc(C(F)(F)F)ccc21. The molecule has 0 radical (unpaired) electrons. The van der Waals surface area contributed by atoms with Crippen molar-refractivity contribution in [3.8, 4) is 0 Å². The van der Waals surface area contributed by atoms with Crippen molar-refractivity contribution in [3.63, 3.8) is 0 Å². The molecule has 1 atom stereocenters. The predicted molar refractivity (Wildman–Crippen MR) is 70.4 cm³/mol. The Hall–Kier alpha value is -1.56. The largest absolute Gasteiger partial charge is 0.416 e. The number of aromatic nitrogens is 2. The van der Waals surface area contributed by atoms with Crippen molar-refractivity contribution in [1.29, 1.82) is 0 Å². The number of alkyl halides is 3. The van der Waals surface area contributed by atoms with E-state index in [1.165, 1.54) is 6.07 Å². The molecule has 1 unspecified atom stereocenters. The number of nitrogens with zero attached hydrogens (tertiary/aromatic N) is 2. The second kappa shape index (κ2) is 4.77. The smallest absolute Gasteiger partial charge is 0.331 e. The average Bonchev–Trinajstić information content (AvgIpc) is 2.98. The van der Waals surface area contributed by atoms with Crippen molar-refractivity contribution in [2.24, 2.45) is 13.0 Å². The number of imidazole rings is 1. The standard InChI is InChI=1S/C14H16F3N3/c1-20-12-3-2-10(14(15,16)17)7-11(12)19-13(20)6-9-4-5-18-8-9/h2-3,7,9,18H,4-6,8H2,1H3. The molecule has 1 aliphatic heterocycles. The van der Waals surface area contributed by atoms with Crippen LogP contribution in [0.3, 0.4) is 0 Å². The van der Waals surface area contributed by atoms with Gasteiger partial charge in [0.05, 0.1) is 16.6 Å². The maximum absolute atomic E-state index is 12.7. The van der Waals surface area contributed by atoms with E-state index in [2.05, 4.69) is 10.3 Å². The van der Waals surface area contributed by atoms with Gasteiger partial charge in [0, 0.05) is 13.5 Å². The Balaban J connectivity index is 1.96. The van der Waals surface area contributed by atoms with Crippen LogP contribution in [0.2, 0.25) is 0 Å². The van der Waals surface area contributed by atoms with Gasteiger partial charge in [-0.1, -0.05) is 0 Å². The lowest BCUT2D eigenvalue weighted by Crippen LogP contribution is -2.12. The maximum Gasteiger partial charge on any atom is 0.416 e. The molecule has 2 aromatic rings. The number of hydrogen-bond donors (Lipinski definition) is 1. The third-order valence-corrected chi connectivity index (χ3v) is 3.93. The third-order valence-electron chi connectivity index (χ3n) is 3.93. The summed E-state index contributed by atoms with van der Waals surface area (Å²) in [6.07, 6.45) is -2.42. The Morgan fingerprint density at radius 3 is 2.85 bits per heavy atom. The molecule has 1 fully saturated rings. The molecule has 0 aliphatic carbocycles. The van der Waals surface area contributed by atoms with E-state index < -0.39 is 11.7 Å². The number of halogens is 3. The molecule has 1 aliphatic rings. The van der Waals surface area contributed by atoms with Crippen molar-refractivity contribution >= 4 is 11.0 Å². The number of aryl methyl sites for hydroxylation is 1. The van der Waals surface area contributed by atoms with Gasteiger partial charge < -0.3 is 9.88 Å². The number of rotatable bonds is 2. The van der Waals surface area contributed by atoms with Crippen LogP contribution < -0.4 is 5.32 Å². The zero-order valence-electron chi connectivity index (χ0n) is 11.2. The van der Waals surface area contributed by atoms with Crippen LogP contribution in [0, 0.1) is 5.92 Å². The summed E-state index contributed by atoms with van der Waals surface area (Å²) in [5.74, 6) is 1.38. The van der Waals surface area contributed by atoms with E-state index in [4.69, 9.17) is 0 Å². The van der Waals surface area contributed by atoms with Crippen molar-refractivity contribution < 1.29 is 13.2 Å². The quantitative estimate of drug-likeness (QED) is 0.918. The summed E-state index contributed by atoms with van der Waals surface area (Å²) in [4.78, 5) is 4.39. The van der Waals surface area contributed by atoms with Gasteiger partial charge in [0.2, 0.25) is 0 Å². The van der Waals surface area contributed by atoms with E-state index in [9.17, 15) is 13.2 Å². The van der Waals surface area contributed by atoms with Gasteiger partial charge in [-0.05, 0) is 43.6 Å². The fraction of sp³-hybridized carbons (Fsp3) is 0.500. The zero-order valence-corrected chi connectivity index (χ0v) is 11.2. The lowest BCUT2D eigenvalue weighted by molar-refractivity contribution is -0.137. The fourth-order valence-electron chi connectivity index (χ4n) is 2.76. The molecule has 1 aromatic heterocycles. The van der Waals surface area contributed by atoms with Gasteiger partial charge in [-0.25, -0.2) is 4.98 Å². The first-order valence-corrected chi connectivity index (χ1v) is 6.68. The molecule has 3 nitrogen and oxygen atoms in total. The van der Waals surface area contributed by atoms with Crippen LogP contribution in [0.15, 0.2) is 18.2 Å². The molecule has 1 saturated heterocycles. The van der Waals surface area contributed by atoms with Crippen LogP contribution in [0.1, 0.15) is 17.8 Å². The van der Waals surface area contributed by atoms with Crippen molar-refractivity contribution in [3.05, 3.63) is 29.6 Å². The summed E-state index contributed by atoms with van der Waals surface area (Å²) in [5.41, 5.74) is 0.527. The average molecular weight is 283 g/mol. The van der Waals surface area contributed by atoms with Gasteiger partial charge in [0.1, 0.15) is 5.82 Å². The number of benzene rings is 1. The van der Waals surface area contributed by atoms with Crippen LogP contribution in [0.25, 0.3) is 11.0 Å². The van der Waals surface area contributed by atoms with E-state index >= 15 is 0 Å². The predicted octanol–water partition coefficient (Wildman–Crippen LogP) is 2.74. The number of hydrogen-bond acceptors (Lipinski definition) is 2. The minimum absolute atomic E-state index is 0.420. The minimum Gasteiger partial charge on any atom is -0.331 e.